The zero-order chi connectivity index (χ0) is 11.6. The maximum absolute atomic E-state index is 5.30. The lowest BCUT2D eigenvalue weighted by Gasteiger charge is -2.35. The van der Waals surface area contributed by atoms with E-state index in [0.717, 1.165) is 18.1 Å². The minimum atomic E-state index is 0.391. The average molecular weight is 223 g/mol. The van der Waals surface area contributed by atoms with E-state index in [1.54, 1.807) is 0 Å². The molecule has 1 aliphatic rings. The molecule has 0 fully saturated rings. The summed E-state index contributed by atoms with van der Waals surface area (Å²) < 4.78 is 5.30. The third kappa shape index (κ3) is 2.87. The molecular formula is C13H23OSi. The van der Waals surface area contributed by atoms with Crippen molar-refractivity contribution in [3.8, 4) is 0 Å². The Morgan fingerprint density at radius 2 is 1.93 bits per heavy atom. The molecule has 0 heterocycles. The predicted molar refractivity (Wildman–Crippen MR) is 65.5 cm³/mol. The van der Waals surface area contributed by atoms with Crippen molar-refractivity contribution in [1.82, 2.24) is 0 Å². The van der Waals surface area contributed by atoms with E-state index in [0.29, 0.717) is 11.3 Å². The number of allylic oxidation sites excluding steroid dienone is 2. The maximum atomic E-state index is 5.30. The SMILES string of the molecule is CC1=C(O[Si])CCCC(C(C)(C)C)C1C. The first kappa shape index (κ1) is 12.8. The zero-order valence-corrected chi connectivity index (χ0v) is 11.7. The highest BCUT2D eigenvalue weighted by Crippen LogP contribution is 2.42. The molecule has 0 N–H and O–H groups in total. The van der Waals surface area contributed by atoms with Gasteiger partial charge in [-0.3, -0.25) is 0 Å². The van der Waals surface area contributed by atoms with Gasteiger partial charge in [0.25, 0.3) is 0 Å². The number of hydrogen-bond donors (Lipinski definition) is 0. The van der Waals surface area contributed by atoms with E-state index in [1.807, 2.05) is 0 Å². The van der Waals surface area contributed by atoms with Crippen LogP contribution >= 0.6 is 0 Å². The second-order valence-electron chi connectivity index (χ2n) is 5.86. The Bertz CT molecular complexity index is 250. The molecule has 2 unspecified atom stereocenters. The summed E-state index contributed by atoms with van der Waals surface area (Å²) in [5.74, 6) is 2.53. The standard InChI is InChI=1S/C13H23OSi/c1-9-10(2)12(14-15)8-6-7-11(9)13(3,4)5/h9,11H,6-8H2,1-5H3. The van der Waals surface area contributed by atoms with Crippen LogP contribution in [0.3, 0.4) is 0 Å². The van der Waals surface area contributed by atoms with E-state index in [2.05, 4.69) is 45.1 Å². The van der Waals surface area contributed by atoms with Crippen LogP contribution in [0.5, 0.6) is 0 Å². The Balaban J connectivity index is 2.94. The molecule has 0 aromatic carbocycles. The lowest BCUT2D eigenvalue weighted by Crippen LogP contribution is -2.26. The molecule has 0 amide bonds. The fourth-order valence-electron chi connectivity index (χ4n) is 2.80. The Labute approximate surface area is 97.8 Å². The molecular weight excluding hydrogens is 200 g/mol. The summed E-state index contributed by atoms with van der Waals surface area (Å²) in [5.41, 5.74) is 1.81. The van der Waals surface area contributed by atoms with Gasteiger partial charge in [-0.05, 0) is 42.6 Å². The normalized spacial score (nSPS) is 28.9. The van der Waals surface area contributed by atoms with Crippen molar-refractivity contribution in [1.29, 1.82) is 0 Å². The van der Waals surface area contributed by atoms with Gasteiger partial charge in [-0.25, -0.2) is 0 Å². The minimum Gasteiger partial charge on any atom is -0.544 e. The molecule has 1 rings (SSSR count). The second kappa shape index (κ2) is 4.73. The monoisotopic (exact) mass is 223 g/mol. The molecule has 85 valence electrons. The van der Waals surface area contributed by atoms with Crippen molar-refractivity contribution >= 4 is 10.5 Å². The lowest BCUT2D eigenvalue weighted by molar-refractivity contribution is 0.175. The number of rotatable bonds is 1. The molecule has 2 atom stereocenters. The fraction of sp³-hybridized carbons (Fsp3) is 0.846. The first-order chi connectivity index (χ1) is 6.88. The van der Waals surface area contributed by atoms with Crippen LogP contribution in [0, 0.1) is 17.3 Å². The van der Waals surface area contributed by atoms with Gasteiger partial charge in [0.1, 0.15) is 0 Å². The van der Waals surface area contributed by atoms with Crippen LogP contribution in [0.1, 0.15) is 53.9 Å². The summed E-state index contributed by atoms with van der Waals surface area (Å²) in [6, 6.07) is 0. The molecule has 3 radical (unpaired) electrons. The summed E-state index contributed by atoms with van der Waals surface area (Å²) >= 11 is 0. The van der Waals surface area contributed by atoms with Gasteiger partial charge >= 0.3 is 10.5 Å². The third-order valence-corrected chi connectivity index (χ3v) is 4.13. The summed E-state index contributed by atoms with van der Waals surface area (Å²) in [6.07, 6.45) is 3.62. The largest absolute Gasteiger partial charge is 0.544 e. The van der Waals surface area contributed by atoms with Crippen molar-refractivity contribution < 1.29 is 4.43 Å². The topological polar surface area (TPSA) is 9.23 Å². The van der Waals surface area contributed by atoms with Crippen LogP contribution in [-0.2, 0) is 4.43 Å². The Morgan fingerprint density at radius 1 is 1.33 bits per heavy atom. The lowest BCUT2D eigenvalue weighted by atomic mass is 9.70. The molecule has 2 heteroatoms. The van der Waals surface area contributed by atoms with Crippen molar-refractivity contribution in [2.75, 3.05) is 0 Å². The van der Waals surface area contributed by atoms with E-state index in [4.69, 9.17) is 4.43 Å². The highest BCUT2D eigenvalue weighted by molar-refractivity contribution is 5.98. The van der Waals surface area contributed by atoms with E-state index < -0.39 is 0 Å². The summed E-state index contributed by atoms with van der Waals surface area (Å²) in [5, 5.41) is 0. The first-order valence-electron chi connectivity index (χ1n) is 5.91. The quantitative estimate of drug-likeness (QED) is 0.614. The van der Waals surface area contributed by atoms with Gasteiger partial charge in [-0.1, -0.05) is 27.7 Å². The summed E-state index contributed by atoms with van der Waals surface area (Å²) in [6.45, 7) is 11.6. The molecule has 0 bridgehead atoms. The number of hydrogen-bond acceptors (Lipinski definition) is 1. The van der Waals surface area contributed by atoms with Gasteiger partial charge in [0, 0.05) is 6.42 Å². The molecule has 0 saturated heterocycles. The van der Waals surface area contributed by atoms with Gasteiger partial charge in [-0.15, -0.1) is 0 Å². The van der Waals surface area contributed by atoms with Gasteiger partial charge in [0.15, 0.2) is 0 Å². The Hall–Kier alpha value is -0.243. The van der Waals surface area contributed by atoms with Crippen LogP contribution < -0.4 is 0 Å². The molecule has 1 nitrogen and oxygen atoms in total. The smallest absolute Gasteiger partial charge is 0.340 e. The fourth-order valence-corrected chi connectivity index (χ4v) is 3.06. The highest BCUT2D eigenvalue weighted by Gasteiger charge is 2.32. The molecule has 15 heavy (non-hydrogen) atoms. The molecule has 0 aromatic heterocycles. The van der Waals surface area contributed by atoms with Gasteiger partial charge < -0.3 is 4.43 Å². The molecule has 0 aromatic rings. The van der Waals surface area contributed by atoms with Gasteiger partial charge in [0.05, 0.1) is 5.76 Å². The van der Waals surface area contributed by atoms with Crippen molar-refractivity contribution in [3.05, 3.63) is 11.3 Å². The van der Waals surface area contributed by atoms with Crippen molar-refractivity contribution in [2.24, 2.45) is 17.3 Å². The Morgan fingerprint density at radius 3 is 2.40 bits per heavy atom. The molecule has 0 saturated carbocycles. The van der Waals surface area contributed by atoms with Crippen LogP contribution in [0.2, 0.25) is 0 Å². The summed E-state index contributed by atoms with van der Waals surface area (Å²) in [7, 11) is 3.17. The first-order valence-corrected chi connectivity index (χ1v) is 6.32. The van der Waals surface area contributed by atoms with Crippen LogP contribution in [-0.4, -0.2) is 10.5 Å². The van der Waals surface area contributed by atoms with Crippen LogP contribution in [0.25, 0.3) is 0 Å². The van der Waals surface area contributed by atoms with Gasteiger partial charge in [-0.2, -0.15) is 0 Å². The average Bonchev–Trinajstić information content (AvgIpc) is 2.27. The van der Waals surface area contributed by atoms with Crippen molar-refractivity contribution in [3.63, 3.8) is 0 Å². The highest BCUT2D eigenvalue weighted by atomic mass is 28.2. The zero-order valence-electron chi connectivity index (χ0n) is 10.7. The van der Waals surface area contributed by atoms with E-state index in [-0.39, 0.29) is 0 Å². The Kier molecular flexibility index (Phi) is 4.04. The molecule has 1 aliphatic carbocycles. The predicted octanol–water partition coefficient (Wildman–Crippen LogP) is 3.84. The third-order valence-electron chi connectivity index (χ3n) is 3.88. The van der Waals surface area contributed by atoms with Crippen LogP contribution in [0.15, 0.2) is 11.3 Å². The van der Waals surface area contributed by atoms with Crippen molar-refractivity contribution in [2.45, 2.75) is 53.9 Å². The van der Waals surface area contributed by atoms with Crippen LogP contribution in [0.4, 0.5) is 0 Å². The minimum absolute atomic E-state index is 0.391. The van der Waals surface area contributed by atoms with E-state index >= 15 is 0 Å². The summed E-state index contributed by atoms with van der Waals surface area (Å²) in [4.78, 5) is 0. The van der Waals surface area contributed by atoms with E-state index in [9.17, 15) is 0 Å². The molecule has 0 aliphatic heterocycles. The second-order valence-corrected chi connectivity index (χ2v) is 6.07. The van der Waals surface area contributed by atoms with E-state index in [1.165, 1.54) is 18.4 Å². The maximum Gasteiger partial charge on any atom is 0.340 e. The molecule has 0 spiro atoms. The van der Waals surface area contributed by atoms with Gasteiger partial charge in [0.2, 0.25) is 0 Å².